The molecule has 0 aliphatic carbocycles. The Hall–Kier alpha value is -1.85. The first-order chi connectivity index (χ1) is 7.13. The van der Waals surface area contributed by atoms with Gasteiger partial charge in [0.25, 0.3) is 0 Å². The van der Waals surface area contributed by atoms with Gasteiger partial charge in [-0.05, 0) is 28.1 Å². The number of methoxy groups -OCH3 is 1. The summed E-state index contributed by atoms with van der Waals surface area (Å²) in [6.45, 7) is 0. The third-order valence-corrected chi connectivity index (χ3v) is 2.41. The average Bonchev–Trinajstić information content (AvgIpc) is 2.27. The molecule has 0 saturated carbocycles. The first kappa shape index (κ1) is 11.2. The molecule has 0 fully saturated rings. The number of hydrogen-bond acceptors (Lipinski definition) is 4. The minimum Gasteiger partial charge on any atom is -0.465 e. The SMILES string of the molecule is COC(=O)c1cc(C#N)c(C#N)cc1Br. The van der Waals surface area contributed by atoms with Gasteiger partial charge in [0.2, 0.25) is 0 Å². The summed E-state index contributed by atoms with van der Waals surface area (Å²) in [5.41, 5.74) is 0.603. The summed E-state index contributed by atoms with van der Waals surface area (Å²) >= 11 is 3.13. The van der Waals surface area contributed by atoms with Gasteiger partial charge in [0.15, 0.2) is 0 Å². The topological polar surface area (TPSA) is 73.9 Å². The van der Waals surface area contributed by atoms with Gasteiger partial charge >= 0.3 is 5.97 Å². The molecule has 0 atom stereocenters. The Labute approximate surface area is 94.8 Å². The molecular weight excluding hydrogens is 260 g/mol. The molecule has 1 aromatic carbocycles. The van der Waals surface area contributed by atoms with Crippen molar-refractivity contribution >= 4 is 21.9 Å². The first-order valence-corrected chi connectivity index (χ1v) is 4.65. The molecule has 15 heavy (non-hydrogen) atoms. The molecule has 4 nitrogen and oxygen atoms in total. The van der Waals surface area contributed by atoms with Gasteiger partial charge in [0, 0.05) is 4.47 Å². The fourth-order valence-electron chi connectivity index (χ4n) is 1.02. The van der Waals surface area contributed by atoms with Crippen LogP contribution in [0.5, 0.6) is 0 Å². The van der Waals surface area contributed by atoms with Crippen LogP contribution in [0, 0.1) is 22.7 Å². The zero-order valence-electron chi connectivity index (χ0n) is 7.74. The summed E-state index contributed by atoms with van der Waals surface area (Å²) in [7, 11) is 1.25. The molecule has 0 unspecified atom stereocenters. The van der Waals surface area contributed by atoms with E-state index < -0.39 is 5.97 Å². The van der Waals surface area contributed by atoms with E-state index in [9.17, 15) is 4.79 Å². The average molecular weight is 265 g/mol. The number of carbonyl (C=O) groups excluding carboxylic acids is 1. The van der Waals surface area contributed by atoms with Crippen molar-refractivity contribution in [2.75, 3.05) is 7.11 Å². The first-order valence-electron chi connectivity index (χ1n) is 3.86. The third kappa shape index (κ3) is 2.15. The van der Waals surface area contributed by atoms with E-state index in [1.165, 1.54) is 19.2 Å². The quantitative estimate of drug-likeness (QED) is 0.727. The van der Waals surface area contributed by atoms with Crippen LogP contribution < -0.4 is 0 Å². The second kappa shape index (κ2) is 4.59. The Morgan fingerprint density at radius 2 is 1.87 bits per heavy atom. The van der Waals surface area contributed by atoms with E-state index in [1.807, 2.05) is 12.1 Å². The number of ether oxygens (including phenoxy) is 1. The number of nitrogens with zero attached hydrogens (tertiary/aromatic N) is 2. The summed E-state index contributed by atoms with van der Waals surface area (Å²) in [5, 5.41) is 17.5. The normalized spacial score (nSPS) is 8.80. The molecule has 0 saturated heterocycles. The fourth-order valence-corrected chi connectivity index (χ4v) is 1.53. The fraction of sp³-hybridized carbons (Fsp3) is 0.100. The van der Waals surface area contributed by atoms with E-state index in [0.29, 0.717) is 4.47 Å². The predicted octanol–water partition coefficient (Wildman–Crippen LogP) is 1.98. The van der Waals surface area contributed by atoms with Crippen molar-refractivity contribution in [2.24, 2.45) is 0 Å². The van der Waals surface area contributed by atoms with Gasteiger partial charge in [0.1, 0.15) is 12.1 Å². The van der Waals surface area contributed by atoms with E-state index in [0.717, 1.165) is 0 Å². The van der Waals surface area contributed by atoms with Crippen LogP contribution in [0.25, 0.3) is 0 Å². The highest BCUT2D eigenvalue weighted by molar-refractivity contribution is 9.10. The van der Waals surface area contributed by atoms with Crippen molar-refractivity contribution in [2.45, 2.75) is 0 Å². The molecule has 0 N–H and O–H groups in total. The number of rotatable bonds is 1. The Morgan fingerprint density at radius 1 is 1.33 bits per heavy atom. The molecule has 0 bridgehead atoms. The van der Waals surface area contributed by atoms with Gasteiger partial charge in [-0.15, -0.1) is 0 Å². The van der Waals surface area contributed by atoms with Crippen LogP contribution in [0.1, 0.15) is 21.5 Å². The molecule has 0 aliphatic heterocycles. The molecule has 74 valence electrons. The lowest BCUT2D eigenvalue weighted by Gasteiger charge is -2.03. The highest BCUT2D eigenvalue weighted by Gasteiger charge is 2.14. The summed E-state index contributed by atoms with van der Waals surface area (Å²) < 4.78 is 4.96. The van der Waals surface area contributed by atoms with Crippen LogP contribution in [0.15, 0.2) is 16.6 Å². The van der Waals surface area contributed by atoms with Crippen LogP contribution >= 0.6 is 15.9 Å². The molecule has 0 heterocycles. The van der Waals surface area contributed by atoms with Gasteiger partial charge < -0.3 is 4.74 Å². The Bertz CT molecular complexity index is 497. The maximum Gasteiger partial charge on any atom is 0.339 e. The zero-order valence-corrected chi connectivity index (χ0v) is 9.33. The van der Waals surface area contributed by atoms with E-state index >= 15 is 0 Å². The van der Waals surface area contributed by atoms with Gasteiger partial charge in [-0.1, -0.05) is 0 Å². The zero-order chi connectivity index (χ0) is 11.4. The molecule has 0 amide bonds. The van der Waals surface area contributed by atoms with Gasteiger partial charge in [-0.3, -0.25) is 0 Å². The molecule has 1 rings (SSSR count). The highest BCUT2D eigenvalue weighted by Crippen LogP contribution is 2.22. The van der Waals surface area contributed by atoms with Crippen LogP contribution in [-0.4, -0.2) is 13.1 Å². The standard InChI is InChI=1S/C10H5BrN2O2/c1-15-10(14)8-2-6(4-12)7(5-13)3-9(8)11/h2-3H,1H3. The maximum absolute atomic E-state index is 11.3. The largest absolute Gasteiger partial charge is 0.465 e. The summed E-state index contributed by atoms with van der Waals surface area (Å²) in [6, 6.07) is 6.46. The van der Waals surface area contributed by atoms with E-state index in [1.54, 1.807) is 0 Å². The van der Waals surface area contributed by atoms with Crippen molar-refractivity contribution in [3.8, 4) is 12.1 Å². The number of halogens is 1. The van der Waals surface area contributed by atoms with Gasteiger partial charge in [0.05, 0.1) is 23.8 Å². The van der Waals surface area contributed by atoms with E-state index in [2.05, 4.69) is 20.7 Å². The van der Waals surface area contributed by atoms with E-state index in [4.69, 9.17) is 10.5 Å². The lowest BCUT2D eigenvalue weighted by atomic mass is 10.1. The molecule has 0 spiro atoms. The van der Waals surface area contributed by atoms with Crippen LogP contribution in [0.4, 0.5) is 0 Å². The monoisotopic (exact) mass is 264 g/mol. The third-order valence-electron chi connectivity index (χ3n) is 1.75. The van der Waals surface area contributed by atoms with Crippen LogP contribution in [0.2, 0.25) is 0 Å². The minimum absolute atomic E-state index is 0.154. The molecule has 0 radical (unpaired) electrons. The summed E-state index contributed by atoms with van der Waals surface area (Å²) in [6.07, 6.45) is 0. The van der Waals surface area contributed by atoms with Crippen molar-refractivity contribution in [1.29, 1.82) is 10.5 Å². The minimum atomic E-state index is -0.553. The van der Waals surface area contributed by atoms with Crippen LogP contribution in [0.3, 0.4) is 0 Å². The van der Waals surface area contributed by atoms with Gasteiger partial charge in [-0.2, -0.15) is 10.5 Å². The number of hydrogen-bond donors (Lipinski definition) is 0. The smallest absolute Gasteiger partial charge is 0.339 e. The van der Waals surface area contributed by atoms with Crippen molar-refractivity contribution < 1.29 is 9.53 Å². The highest BCUT2D eigenvalue weighted by atomic mass is 79.9. The number of esters is 1. The van der Waals surface area contributed by atoms with Crippen molar-refractivity contribution in [1.82, 2.24) is 0 Å². The maximum atomic E-state index is 11.3. The Morgan fingerprint density at radius 3 is 2.33 bits per heavy atom. The Kier molecular flexibility index (Phi) is 3.43. The Balaban J connectivity index is 3.42. The van der Waals surface area contributed by atoms with E-state index in [-0.39, 0.29) is 16.7 Å². The number of carbonyl (C=O) groups is 1. The molecule has 0 aliphatic rings. The lowest BCUT2D eigenvalue weighted by molar-refractivity contribution is 0.0599. The second-order valence-corrected chi connectivity index (χ2v) is 3.45. The number of nitriles is 2. The van der Waals surface area contributed by atoms with Gasteiger partial charge in [-0.25, -0.2) is 4.79 Å². The summed E-state index contributed by atoms with van der Waals surface area (Å²) in [4.78, 5) is 11.3. The molecule has 5 heteroatoms. The number of benzene rings is 1. The molecule has 0 aromatic heterocycles. The van der Waals surface area contributed by atoms with Crippen molar-refractivity contribution in [3.63, 3.8) is 0 Å². The van der Waals surface area contributed by atoms with Crippen LogP contribution in [-0.2, 0) is 4.74 Å². The molecular formula is C10H5BrN2O2. The van der Waals surface area contributed by atoms with Crippen molar-refractivity contribution in [3.05, 3.63) is 33.3 Å². The summed E-state index contributed by atoms with van der Waals surface area (Å²) in [5.74, 6) is -0.553. The second-order valence-electron chi connectivity index (χ2n) is 2.59. The predicted molar refractivity (Wildman–Crippen MR) is 54.9 cm³/mol. The molecule has 1 aromatic rings. The lowest BCUT2D eigenvalue weighted by Crippen LogP contribution is -2.03.